The van der Waals surface area contributed by atoms with Gasteiger partial charge in [-0.1, -0.05) is 144 Å². The number of anilines is 2. The van der Waals surface area contributed by atoms with Crippen molar-refractivity contribution >= 4 is 87.7 Å². The molecule has 2 N–H and O–H groups in total. The van der Waals surface area contributed by atoms with E-state index in [2.05, 4.69) is 137 Å². The Morgan fingerprint density at radius 1 is 0.431 bits per heavy atom. The zero-order valence-electron chi connectivity index (χ0n) is 73.0. The van der Waals surface area contributed by atoms with Crippen molar-refractivity contribution in [1.82, 2.24) is 58.2 Å². The van der Waals surface area contributed by atoms with Gasteiger partial charge in [-0.2, -0.15) is 20.4 Å². The van der Waals surface area contributed by atoms with Crippen LogP contribution >= 0.6 is 0 Å². The maximum Gasteiger partial charge on any atom is 0.203 e. The van der Waals surface area contributed by atoms with E-state index in [0.717, 1.165) is 92.0 Å². The summed E-state index contributed by atoms with van der Waals surface area (Å²) in [6.07, 6.45) is 4.51. The summed E-state index contributed by atoms with van der Waals surface area (Å²) in [5.74, 6) is 0.838. The molecule has 2 aliphatic rings. The van der Waals surface area contributed by atoms with Crippen molar-refractivity contribution in [2.24, 2.45) is 14.1 Å². The Labute approximate surface area is 690 Å². The van der Waals surface area contributed by atoms with E-state index >= 15 is 13.6 Å². The number of ketones is 1. The third-order valence-electron chi connectivity index (χ3n) is 21.9. The average molecular weight is 1690 g/mol. The molecule has 2 aliphatic heterocycles. The third kappa shape index (κ3) is 20.8. The molecule has 31 heteroatoms. The van der Waals surface area contributed by atoms with Crippen LogP contribution in [0.1, 0.15) is 74.8 Å². The molecule has 0 saturated heterocycles. The van der Waals surface area contributed by atoms with Crippen molar-refractivity contribution in [3.63, 3.8) is 0 Å². The number of aromatic hydroxyl groups is 2. The van der Waals surface area contributed by atoms with Gasteiger partial charge in [-0.25, -0.2) is 28.1 Å². The Bertz CT molecular complexity index is 4880. The summed E-state index contributed by atoms with van der Waals surface area (Å²) in [6.45, 7) is 51.0. The second-order valence-electron chi connectivity index (χ2n) is 39.0. The van der Waals surface area contributed by atoms with E-state index in [0.29, 0.717) is 147 Å². The van der Waals surface area contributed by atoms with Crippen LogP contribution in [0.25, 0.3) is 67.1 Å². The maximum atomic E-state index is 16.4. The van der Waals surface area contributed by atoms with E-state index < -0.39 is 60.1 Å². The number of aromatic nitrogens is 12. The van der Waals surface area contributed by atoms with E-state index in [4.69, 9.17) is 58.8 Å². The van der Waals surface area contributed by atoms with Gasteiger partial charge < -0.3 is 57.6 Å². The molecule has 0 spiro atoms. The lowest BCUT2D eigenvalue weighted by atomic mass is 9.93. The molecular formula is C85H126F2N14O9Si6. The standard InChI is InChI=1S/C85H126F2N14O9Si6/c1-23-59-63(43-69(86)67(79(59)102)51-105-29-35-111(5,6)7)57-25-27-61-73(41-57)100(55-109-33-39-115(17,18)19)90-77(61)84-88-71-47-96(49-75(71)98(84)53-107-31-37-113(11,12)13)82-65(45-94(3)92-82)81(104)66-46-95(4)93-83(66)97-48-72-76(50-97)99(54-108-32-38-114(14,15)16)85(89-72)78-62-28-26-58(42-74(62)101(91-78)56-110-34-40-116(20,21)22)64-44-70(87)68(80(103)60(64)24-2)52-106-30-36-112(8,9)10/h25-28,41-46,102-103H,23-24,29-40,47-56H2,1-22H3. The highest BCUT2D eigenvalue weighted by atomic mass is 28.3. The van der Waals surface area contributed by atoms with E-state index in [-0.39, 0.29) is 68.5 Å². The second-order valence-corrected chi connectivity index (χ2v) is 72.8. The number of imidazole rings is 2. The van der Waals surface area contributed by atoms with E-state index in [9.17, 15) is 10.2 Å². The lowest BCUT2D eigenvalue weighted by Gasteiger charge is -2.20. The number of hydrogen-bond acceptors (Lipinski definition) is 17. The van der Waals surface area contributed by atoms with Gasteiger partial charge in [-0.3, -0.25) is 14.2 Å². The minimum atomic E-state index is -1.50. The average Bonchev–Trinajstić information content (AvgIpc) is 1.58. The molecule has 0 unspecified atom stereocenters. The number of rotatable bonds is 40. The van der Waals surface area contributed by atoms with Gasteiger partial charge in [0.15, 0.2) is 23.3 Å². The zero-order valence-corrected chi connectivity index (χ0v) is 79.0. The molecule has 0 atom stereocenters. The zero-order chi connectivity index (χ0) is 83.9. The van der Waals surface area contributed by atoms with Crippen LogP contribution in [0.4, 0.5) is 20.4 Å². The molecule has 8 heterocycles. The largest absolute Gasteiger partial charge is 0.507 e. The third-order valence-corrected chi connectivity index (χ3v) is 32.1. The van der Waals surface area contributed by atoms with Crippen molar-refractivity contribution in [3.05, 3.63) is 129 Å². The summed E-state index contributed by atoms with van der Waals surface area (Å²) in [6, 6.07) is 20.8. The fourth-order valence-corrected chi connectivity index (χ4v) is 19.3. The summed E-state index contributed by atoms with van der Waals surface area (Å²) >= 11 is 0. The number of aryl methyl sites for hydroxylation is 2. The Morgan fingerprint density at radius 3 is 1.09 bits per heavy atom. The maximum absolute atomic E-state index is 16.4. The second kappa shape index (κ2) is 35.4. The summed E-state index contributed by atoms with van der Waals surface area (Å²) < 4.78 is 82.3. The Balaban J connectivity index is 0.857. The number of carbonyl (C=O) groups is 1. The molecule has 628 valence electrons. The molecule has 0 radical (unpaired) electrons. The van der Waals surface area contributed by atoms with Crippen molar-refractivity contribution in [2.75, 3.05) is 49.4 Å². The van der Waals surface area contributed by atoms with E-state index in [1.54, 1.807) is 21.8 Å². The van der Waals surface area contributed by atoms with Crippen LogP contribution in [0, 0.1) is 11.6 Å². The van der Waals surface area contributed by atoms with Crippen LogP contribution in [0.15, 0.2) is 60.9 Å². The number of phenolic OH excluding ortho intramolecular Hbond substituents is 2. The van der Waals surface area contributed by atoms with Gasteiger partial charge in [0.05, 0.1) is 95.5 Å². The van der Waals surface area contributed by atoms with Crippen molar-refractivity contribution in [3.8, 4) is 56.8 Å². The Hall–Kier alpha value is -7.55. The molecule has 116 heavy (non-hydrogen) atoms. The van der Waals surface area contributed by atoms with E-state index in [1.807, 2.05) is 73.7 Å². The van der Waals surface area contributed by atoms with Crippen LogP contribution < -0.4 is 9.80 Å². The molecule has 4 aromatic carbocycles. The minimum absolute atomic E-state index is 0.0137. The van der Waals surface area contributed by atoms with Crippen LogP contribution in [0.2, 0.25) is 154 Å². The number of carbonyl (C=O) groups excluding carboxylic acids is 1. The molecular weight excluding hydrogens is 1570 g/mol. The SMILES string of the molecule is CCc1c(-c2ccc3c(-c4nc5c(n4COCC[Si](C)(C)C)CN(c4nn(C)cc4C(=O)c4cn(C)nc4N4Cc6nc(-c7nn(COCC[Si](C)(C)C)c8cc(-c9cc(F)c(COCC[Si](C)(C)C)c(O)c9CC)ccc78)n(COCC[Si](C)(C)C)c6C4)C5)nn(COCC[Si](C)(C)C)c3c2)cc(F)c(COCC[Si](C)(C)C)c1O. The molecule has 0 saturated carbocycles. The predicted molar refractivity (Wildman–Crippen MR) is 476 cm³/mol. The Morgan fingerprint density at radius 2 is 0.759 bits per heavy atom. The first kappa shape index (κ1) is 87.8. The first-order valence-corrected chi connectivity index (χ1v) is 63.6. The van der Waals surface area contributed by atoms with Gasteiger partial charge in [0.1, 0.15) is 61.4 Å². The highest BCUT2D eigenvalue weighted by molar-refractivity contribution is 6.78. The number of benzene rings is 4. The number of fused-ring (bicyclic) bond motifs is 4. The molecule has 10 aromatic rings. The molecule has 0 bridgehead atoms. The normalized spacial score (nSPS) is 13.8. The summed E-state index contributed by atoms with van der Waals surface area (Å²) in [5.41, 5.74) is 11.3. The van der Waals surface area contributed by atoms with Crippen LogP contribution in [-0.2, 0) is 122 Å². The lowest BCUT2D eigenvalue weighted by molar-refractivity contribution is 0.0814. The van der Waals surface area contributed by atoms with Gasteiger partial charge in [0.25, 0.3) is 0 Å². The van der Waals surface area contributed by atoms with Crippen LogP contribution in [-0.4, -0.2) is 162 Å². The lowest BCUT2D eigenvalue weighted by Crippen LogP contribution is -2.23. The molecule has 0 fully saturated rings. The van der Waals surface area contributed by atoms with Gasteiger partial charge >= 0.3 is 0 Å². The van der Waals surface area contributed by atoms with Gasteiger partial charge in [-0.05, 0) is 108 Å². The molecule has 12 rings (SSSR count). The van der Waals surface area contributed by atoms with Crippen LogP contribution in [0.3, 0.4) is 0 Å². The molecule has 23 nitrogen and oxygen atoms in total. The fourth-order valence-electron chi connectivity index (χ4n) is 14.7. The minimum Gasteiger partial charge on any atom is -0.507 e. The number of halogens is 2. The first-order valence-electron chi connectivity index (χ1n) is 41.4. The quantitative estimate of drug-likeness (QED) is 0.0207. The summed E-state index contributed by atoms with van der Waals surface area (Å²) in [5, 5.41) is 46.0. The smallest absolute Gasteiger partial charge is 0.203 e. The van der Waals surface area contributed by atoms with Crippen molar-refractivity contribution in [2.45, 2.75) is 247 Å². The number of nitrogens with zero attached hydrogens (tertiary/aromatic N) is 14. The van der Waals surface area contributed by atoms with Crippen LogP contribution in [0.5, 0.6) is 11.5 Å². The highest BCUT2D eigenvalue weighted by Gasteiger charge is 2.38. The monoisotopic (exact) mass is 1690 g/mol. The number of hydrogen-bond donors (Lipinski definition) is 2. The fraction of sp³-hybridized carbons (Fsp3) is 0.541. The van der Waals surface area contributed by atoms with Gasteiger partial charge in [0.2, 0.25) is 5.78 Å². The van der Waals surface area contributed by atoms with Crippen molar-refractivity contribution < 1.29 is 52.2 Å². The van der Waals surface area contributed by atoms with Gasteiger partial charge in [-0.15, -0.1) is 0 Å². The number of ether oxygens (including phenoxy) is 6. The molecule has 0 aliphatic carbocycles. The summed E-state index contributed by atoms with van der Waals surface area (Å²) in [7, 11) is -5.03. The van der Waals surface area contributed by atoms with E-state index in [1.165, 1.54) is 12.1 Å². The van der Waals surface area contributed by atoms with Crippen molar-refractivity contribution in [1.29, 1.82) is 0 Å². The first-order chi connectivity index (χ1) is 54.5. The van der Waals surface area contributed by atoms with Gasteiger partial charge in [0, 0.05) is 136 Å². The predicted octanol–water partition coefficient (Wildman–Crippen LogP) is 19.0. The topological polar surface area (TPSA) is 226 Å². The molecule has 0 amide bonds. The number of phenols is 2. The Kier molecular flexibility index (Phi) is 26.8. The molecule has 6 aromatic heterocycles. The highest BCUT2D eigenvalue weighted by Crippen LogP contribution is 2.44. The summed E-state index contributed by atoms with van der Waals surface area (Å²) in [4.78, 5) is 30.9.